The van der Waals surface area contributed by atoms with E-state index in [0.29, 0.717) is 11.6 Å². The second-order valence-corrected chi connectivity index (χ2v) is 9.47. The number of nitrogens with zero attached hydrogens (tertiary/aromatic N) is 2. The zero-order valence-corrected chi connectivity index (χ0v) is 19.3. The van der Waals surface area contributed by atoms with Gasteiger partial charge in [-0.2, -0.15) is 0 Å². The number of fused-ring (bicyclic) bond motifs is 1. The van der Waals surface area contributed by atoms with Crippen LogP contribution in [-0.2, 0) is 10.2 Å². The Morgan fingerprint density at radius 3 is 2.66 bits per heavy atom. The highest BCUT2D eigenvalue weighted by molar-refractivity contribution is 6.30. The number of rotatable bonds is 5. The summed E-state index contributed by atoms with van der Waals surface area (Å²) < 4.78 is 5.34. The third-order valence-corrected chi connectivity index (χ3v) is 7.32. The fourth-order valence-corrected chi connectivity index (χ4v) is 5.20. The SMILES string of the molecule is COc1ccc2nc(N[C@H]3CCN(C(=O)C4(c5ccc(Cl)cc5)CCC4)C3)cc(C)c2c1. The fraction of sp³-hybridized carbons (Fsp3) is 0.385. The van der Waals surface area contributed by atoms with Crippen LogP contribution in [0, 0.1) is 6.92 Å². The lowest BCUT2D eigenvalue weighted by atomic mass is 9.63. The molecule has 1 saturated heterocycles. The first-order valence-electron chi connectivity index (χ1n) is 11.3. The molecule has 1 atom stereocenters. The molecule has 0 radical (unpaired) electrons. The highest BCUT2D eigenvalue weighted by Gasteiger charge is 2.48. The van der Waals surface area contributed by atoms with Crippen molar-refractivity contribution in [2.75, 3.05) is 25.5 Å². The Kier molecular flexibility index (Phi) is 5.46. The van der Waals surface area contributed by atoms with Crippen LogP contribution >= 0.6 is 11.6 Å². The van der Waals surface area contributed by atoms with Crippen LogP contribution in [0.3, 0.4) is 0 Å². The summed E-state index contributed by atoms with van der Waals surface area (Å²) in [4.78, 5) is 20.4. The summed E-state index contributed by atoms with van der Waals surface area (Å²) in [6.07, 6.45) is 3.84. The molecule has 6 heteroatoms. The molecule has 3 aromatic rings. The summed E-state index contributed by atoms with van der Waals surface area (Å²) in [6.45, 7) is 3.57. The smallest absolute Gasteiger partial charge is 0.233 e. The van der Waals surface area contributed by atoms with E-state index in [0.717, 1.165) is 65.8 Å². The number of pyridine rings is 1. The number of amides is 1. The Morgan fingerprint density at radius 2 is 1.97 bits per heavy atom. The number of carbonyl (C=O) groups excluding carboxylic acids is 1. The lowest BCUT2D eigenvalue weighted by Crippen LogP contribution is -2.50. The van der Waals surface area contributed by atoms with Crippen LogP contribution in [0.5, 0.6) is 5.75 Å². The monoisotopic (exact) mass is 449 g/mol. The number of nitrogens with one attached hydrogen (secondary N) is 1. The number of benzene rings is 2. The predicted octanol–water partition coefficient (Wildman–Crippen LogP) is 5.34. The van der Waals surface area contributed by atoms with Crippen LogP contribution in [-0.4, -0.2) is 42.0 Å². The Bertz CT molecular complexity index is 1160. The standard InChI is InChI=1S/C26H28ClN3O2/c1-17-14-24(29-23-9-8-21(32-2)15-22(17)23)28-20-10-13-30(16-20)25(31)26(11-3-12-26)18-4-6-19(27)7-5-18/h4-9,14-15,20H,3,10-13,16H2,1-2H3,(H,28,29)/t20-/m0/s1. The number of hydrogen-bond donors (Lipinski definition) is 1. The van der Waals surface area contributed by atoms with Gasteiger partial charge in [0.2, 0.25) is 5.91 Å². The van der Waals surface area contributed by atoms with Crippen LogP contribution in [0.15, 0.2) is 48.5 Å². The third-order valence-electron chi connectivity index (χ3n) is 7.06. The van der Waals surface area contributed by atoms with E-state index >= 15 is 0 Å². The molecule has 1 aromatic heterocycles. The quantitative estimate of drug-likeness (QED) is 0.571. The molecule has 0 spiro atoms. The van der Waals surface area contributed by atoms with Crippen molar-refractivity contribution in [3.63, 3.8) is 0 Å². The van der Waals surface area contributed by atoms with Crippen molar-refractivity contribution in [2.24, 2.45) is 0 Å². The van der Waals surface area contributed by atoms with E-state index in [-0.39, 0.29) is 17.4 Å². The number of hydrogen-bond acceptors (Lipinski definition) is 4. The van der Waals surface area contributed by atoms with Gasteiger partial charge in [0, 0.05) is 29.5 Å². The fourth-order valence-electron chi connectivity index (χ4n) is 5.07. The maximum atomic E-state index is 13.6. The molecule has 166 valence electrons. The zero-order valence-electron chi connectivity index (χ0n) is 18.5. The predicted molar refractivity (Wildman–Crippen MR) is 129 cm³/mol. The number of anilines is 1. The van der Waals surface area contributed by atoms with Crippen molar-refractivity contribution in [2.45, 2.75) is 44.1 Å². The van der Waals surface area contributed by atoms with E-state index in [9.17, 15) is 4.79 Å². The largest absolute Gasteiger partial charge is 0.497 e. The third kappa shape index (κ3) is 3.69. The molecule has 5 rings (SSSR count). The summed E-state index contributed by atoms with van der Waals surface area (Å²) in [7, 11) is 1.67. The maximum absolute atomic E-state index is 13.6. The Balaban J connectivity index is 1.30. The molecule has 2 aliphatic rings. The summed E-state index contributed by atoms with van der Waals surface area (Å²) in [6, 6.07) is 16.0. The van der Waals surface area contributed by atoms with Crippen LogP contribution in [0.2, 0.25) is 5.02 Å². The first-order valence-corrected chi connectivity index (χ1v) is 11.6. The minimum absolute atomic E-state index is 0.198. The highest BCUT2D eigenvalue weighted by atomic mass is 35.5. The zero-order chi connectivity index (χ0) is 22.3. The van der Waals surface area contributed by atoms with E-state index in [1.807, 2.05) is 47.4 Å². The molecule has 0 bridgehead atoms. The van der Waals surface area contributed by atoms with E-state index in [4.69, 9.17) is 21.3 Å². The average Bonchev–Trinajstić information content (AvgIpc) is 3.22. The minimum atomic E-state index is -0.379. The second-order valence-electron chi connectivity index (χ2n) is 9.03. The van der Waals surface area contributed by atoms with Gasteiger partial charge in [-0.1, -0.05) is 30.2 Å². The van der Waals surface area contributed by atoms with Crippen LogP contribution in [0.1, 0.15) is 36.8 Å². The van der Waals surface area contributed by atoms with Crippen LogP contribution in [0.25, 0.3) is 10.9 Å². The maximum Gasteiger partial charge on any atom is 0.233 e. The normalized spacial score (nSPS) is 19.6. The Morgan fingerprint density at radius 1 is 1.19 bits per heavy atom. The molecule has 1 saturated carbocycles. The molecule has 2 fully saturated rings. The van der Waals surface area contributed by atoms with Crippen molar-refractivity contribution in [3.05, 3.63) is 64.7 Å². The lowest BCUT2D eigenvalue weighted by molar-refractivity contribution is -0.139. The van der Waals surface area contributed by atoms with E-state index in [1.165, 1.54) is 0 Å². The summed E-state index contributed by atoms with van der Waals surface area (Å²) in [5.74, 6) is 1.94. The van der Waals surface area contributed by atoms with Crippen molar-refractivity contribution < 1.29 is 9.53 Å². The number of aromatic nitrogens is 1. The minimum Gasteiger partial charge on any atom is -0.497 e. The topological polar surface area (TPSA) is 54.5 Å². The van der Waals surface area contributed by atoms with E-state index in [1.54, 1.807) is 7.11 Å². The molecule has 5 nitrogen and oxygen atoms in total. The van der Waals surface area contributed by atoms with Gasteiger partial charge in [0.15, 0.2) is 0 Å². The van der Waals surface area contributed by atoms with Gasteiger partial charge in [0.25, 0.3) is 0 Å². The van der Waals surface area contributed by atoms with Crippen molar-refractivity contribution in [1.82, 2.24) is 9.88 Å². The van der Waals surface area contributed by atoms with Gasteiger partial charge in [-0.05, 0) is 73.7 Å². The summed E-state index contributed by atoms with van der Waals surface area (Å²) >= 11 is 6.07. The number of halogens is 1. The number of ether oxygens (including phenoxy) is 1. The highest BCUT2D eigenvalue weighted by Crippen LogP contribution is 2.46. The van der Waals surface area contributed by atoms with Gasteiger partial charge in [0.1, 0.15) is 11.6 Å². The number of likely N-dealkylation sites (tertiary alicyclic amines) is 1. The average molecular weight is 450 g/mol. The summed E-state index contributed by atoms with van der Waals surface area (Å²) in [5, 5.41) is 5.37. The number of methoxy groups -OCH3 is 1. The molecule has 1 amide bonds. The van der Waals surface area contributed by atoms with Crippen LogP contribution < -0.4 is 10.1 Å². The Hall–Kier alpha value is -2.79. The van der Waals surface area contributed by atoms with Gasteiger partial charge in [-0.15, -0.1) is 0 Å². The van der Waals surface area contributed by atoms with Crippen molar-refractivity contribution in [1.29, 1.82) is 0 Å². The van der Waals surface area contributed by atoms with Gasteiger partial charge in [-0.25, -0.2) is 4.98 Å². The molecule has 32 heavy (non-hydrogen) atoms. The number of aryl methyl sites for hydroxylation is 1. The van der Waals surface area contributed by atoms with E-state index < -0.39 is 0 Å². The van der Waals surface area contributed by atoms with Gasteiger partial charge in [-0.3, -0.25) is 4.79 Å². The van der Waals surface area contributed by atoms with Gasteiger partial charge < -0.3 is 15.0 Å². The Labute approximate surface area is 193 Å². The molecular weight excluding hydrogens is 422 g/mol. The molecular formula is C26H28ClN3O2. The molecule has 2 heterocycles. The summed E-state index contributed by atoms with van der Waals surface area (Å²) in [5.41, 5.74) is 2.81. The van der Waals surface area contributed by atoms with Crippen molar-refractivity contribution >= 4 is 34.2 Å². The number of carbonyl (C=O) groups is 1. The first kappa shape index (κ1) is 21.1. The lowest BCUT2D eigenvalue weighted by Gasteiger charge is -2.43. The molecule has 1 aliphatic carbocycles. The molecule has 2 aromatic carbocycles. The van der Waals surface area contributed by atoms with E-state index in [2.05, 4.69) is 18.3 Å². The van der Waals surface area contributed by atoms with Gasteiger partial charge in [0.05, 0.1) is 18.0 Å². The second kappa shape index (κ2) is 8.28. The van der Waals surface area contributed by atoms with Crippen LogP contribution in [0.4, 0.5) is 5.82 Å². The van der Waals surface area contributed by atoms with Crippen molar-refractivity contribution in [3.8, 4) is 5.75 Å². The molecule has 1 N–H and O–H groups in total. The van der Waals surface area contributed by atoms with Gasteiger partial charge >= 0.3 is 0 Å². The molecule has 0 unspecified atom stereocenters. The molecule has 1 aliphatic heterocycles. The first-order chi connectivity index (χ1) is 15.5.